The fourth-order valence-corrected chi connectivity index (χ4v) is 1.38. The maximum absolute atomic E-state index is 13.2. The van der Waals surface area contributed by atoms with E-state index >= 15 is 0 Å². The van der Waals surface area contributed by atoms with Crippen LogP contribution in [0.5, 0.6) is 0 Å². The van der Waals surface area contributed by atoms with Crippen molar-refractivity contribution in [3.8, 4) is 0 Å². The zero-order valence-electron chi connectivity index (χ0n) is 9.84. The average Bonchev–Trinajstić information content (AvgIpc) is 2.32. The number of hydrogen-bond donors (Lipinski definition) is 0. The van der Waals surface area contributed by atoms with E-state index in [4.69, 9.17) is 4.74 Å². The second-order valence-electron chi connectivity index (χ2n) is 3.85. The molecule has 0 aliphatic rings. The van der Waals surface area contributed by atoms with Crippen LogP contribution in [-0.4, -0.2) is 12.4 Å². The van der Waals surface area contributed by atoms with Crippen LogP contribution in [0.4, 0.5) is 8.78 Å². The van der Waals surface area contributed by atoms with Gasteiger partial charge in [0.25, 0.3) is 0 Å². The third-order valence-corrected chi connectivity index (χ3v) is 2.36. The molecule has 0 heterocycles. The van der Waals surface area contributed by atoms with Crippen LogP contribution in [0, 0.1) is 11.6 Å². The Morgan fingerprint density at radius 2 is 2.12 bits per heavy atom. The largest absolute Gasteiger partial charge is 0.369 e. The summed E-state index contributed by atoms with van der Waals surface area (Å²) in [6.07, 6.45) is 2.25. The molecule has 0 aromatic heterocycles. The highest BCUT2D eigenvalue weighted by atomic mass is 19.2. The van der Waals surface area contributed by atoms with Crippen LogP contribution in [-0.2, 0) is 16.1 Å². The van der Waals surface area contributed by atoms with Gasteiger partial charge in [0.2, 0.25) is 0 Å². The number of benzene rings is 1. The quantitative estimate of drug-likeness (QED) is 0.733. The average molecular weight is 242 g/mol. The van der Waals surface area contributed by atoms with Crippen molar-refractivity contribution in [2.75, 3.05) is 6.61 Å². The molecule has 94 valence electrons. The monoisotopic (exact) mass is 242 g/mol. The topological polar surface area (TPSA) is 26.3 Å². The Bertz CT molecular complexity index is 378. The highest BCUT2D eigenvalue weighted by Gasteiger charge is 2.08. The van der Waals surface area contributed by atoms with Gasteiger partial charge in [-0.1, -0.05) is 25.5 Å². The van der Waals surface area contributed by atoms with Crippen molar-refractivity contribution in [2.24, 2.45) is 0 Å². The SMILES string of the molecule is CCCCC(=O)COCc1cccc(F)c1F. The summed E-state index contributed by atoms with van der Waals surface area (Å²) in [4.78, 5) is 11.3. The van der Waals surface area contributed by atoms with E-state index in [0.29, 0.717) is 6.42 Å². The fraction of sp³-hybridized carbons (Fsp3) is 0.462. The molecule has 0 aliphatic heterocycles. The number of hydrogen-bond acceptors (Lipinski definition) is 2. The normalized spacial score (nSPS) is 10.5. The molecular formula is C13H16F2O2. The molecule has 0 aliphatic carbocycles. The Kier molecular flexibility index (Phi) is 5.77. The molecule has 0 spiro atoms. The summed E-state index contributed by atoms with van der Waals surface area (Å²) in [5.41, 5.74) is 0.133. The van der Waals surface area contributed by atoms with Gasteiger partial charge in [0.05, 0.1) is 6.61 Å². The standard InChI is InChI=1S/C13H16F2O2/c1-2-3-6-11(16)9-17-8-10-5-4-7-12(14)13(10)15/h4-5,7H,2-3,6,8-9H2,1H3. The van der Waals surface area contributed by atoms with Gasteiger partial charge in [-0.2, -0.15) is 0 Å². The Morgan fingerprint density at radius 3 is 2.82 bits per heavy atom. The van der Waals surface area contributed by atoms with Crippen molar-refractivity contribution in [1.82, 2.24) is 0 Å². The van der Waals surface area contributed by atoms with Crippen LogP contribution in [0.3, 0.4) is 0 Å². The molecular weight excluding hydrogens is 226 g/mol. The summed E-state index contributed by atoms with van der Waals surface area (Å²) >= 11 is 0. The van der Waals surface area contributed by atoms with Crippen molar-refractivity contribution >= 4 is 5.78 Å². The van der Waals surface area contributed by atoms with E-state index in [2.05, 4.69) is 0 Å². The molecule has 0 saturated carbocycles. The van der Waals surface area contributed by atoms with Gasteiger partial charge in [-0.25, -0.2) is 8.78 Å². The number of ether oxygens (including phenoxy) is 1. The number of carbonyl (C=O) groups excluding carboxylic acids is 1. The number of rotatable bonds is 7. The van der Waals surface area contributed by atoms with Crippen LogP contribution in [0.2, 0.25) is 0 Å². The summed E-state index contributed by atoms with van der Waals surface area (Å²) in [7, 11) is 0. The van der Waals surface area contributed by atoms with Crippen molar-refractivity contribution in [1.29, 1.82) is 0 Å². The van der Waals surface area contributed by atoms with E-state index in [1.807, 2.05) is 6.92 Å². The van der Waals surface area contributed by atoms with Gasteiger partial charge < -0.3 is 4.74 Å². The van der Waals surface area contributed by atoms with Gasteiger partial charge in [0.15, 0.2) is 17.4 Å². The molecule has 0 amide bonds. The van der Waals surface area contributed by atoms with Crippen LogP contribution < -0.4 is 0 Å². The van der Waals surface area contributed by atoms with Crippen molar-refractivity contribution in [3.63, 3.8) is 0 Å². The van der Waals surface area contributed by atoms with Gasteiger partial charge >= 0.3 is 0 Å². The molecule has 0 unspecified atom stereocenters. The molecule has 1 rings (SSSR count). The lowest BCUT2D eigenvalue weighted by Crippen LogP contribution is -2.09. The lowest BCUT2D eigenvalue weighted by atomic mass is 10.2. The Labute approximate surface area is 99.6 Å². The zero-order valence-corrected chi connectivity index (χ0v) is 9.84. The molecule has 1 aromatic carbocycles. The predicted molar refractivity (Wildman–Crippen MR) is 60.5 cm³/mol. The second-order valence-corrected chi connectivity index (χ2v) is 3.85. The fourth-order valence-electron chi connectivity index (χ4n) is 1.38. The molecule has 0 atom stereocenters. The third-order valence-electron chi connectivity index (χ3n) is 2.36. The molecule has 0 radical (unpaired) electrons. The third kappa shape index (κ3) is 4.61. The minimum absolute atomic E-state index is 0.0105. The maximum Gasteiger partial charge on any atom is 0.164 e. The van der Waals surface area contributed by atoms with E-state index in [1.165, 1.54) is 12.1 Å². The molecule has 0 bridgehead atoms. The highest BCUT2D eigenvalue weighted by Crippen LogP contribution is 2.12. The zero-order chi connectivity index (χ0) is 12.7. The molecule has 0 saturated heterocycles. The molecule has 0 fully saturated rings. The van der Waals surface area contributed by atoms with Gasteiger partial charge in [-0.3, -0.25) is 4.79 Å². The number of Topliss-reactive ketones (excluding diaryl/α,β-unsaturated/α-hetero) is 1. The van der Waals surface area contributed by atoms with Gasteiger partial charge in [-0.05, 0) is 12.5 Å². The minimum Gasteiger partial charge on any atom is -0.369 e. The lowest BCUT2D eigenvalue weighted by Gasteiger charge is -2.05. The Balaban J connectivity index is 2.36. The first kappa shape index (κ1) is 13.8. The number of carbonyl (C=O) groups is 1. The van der Waals surface area contributed by atoms with E-state index in [9.17, 15) is 13.6 Å². The van der Waals surface area contributed by atoms with Gasteiger partial charge in [0, 0.05) is 12.0 Å². The lowest BCUT2D eigenvalue weighted by molar-refractivity contribution is -0.124. The summed E-state index contributed by atoms with van der Waals surface area (Å²) in [6.45, 7) is 1.87. The number of halogens is 2. The number of unbranched alkanes of at least 4 members (excludes halogenated alkanes) is 1. The summed E-state index contributed by atoms with van der Waals surface area (Å²) in [5.74, 6) is -1.82. The molecule has 2 nitrogen and oxygen atoms in total. The van der Waals surface area contributed by atoms with E-state index in [1.54, 1.807) is 0 Å². The number of ketones is 1. The second kappa shape index (κ2) is 7.12. The molecule has 4 heteroatoms. The Morgan fingerprint density at radius 1 is 1.35 bits per heavy atom. The van der Waals surface area contributed by atoms with Gasteiger partial charge in [-0.15, -0.1) is 0 Å². The van der Waals surface area contributed by atoms with Crippen molar-refractivity contribution in [3.05, 3.63) is 35.4 Å². The minimum atomic E-state index is -0.909. The first-order chi connectivity index (χ1) is 8.15. The first-order valence-electron chi connectivity index (χ1n) is 5.67. The van der Waals surface area contributed by atoms with Crippen molar-refractivity contribution in [2.45, 2.75) is 32.8 Å². The van der Waals surface area contributed by atoms with Gasteiger partial charge in [0.1, 0.15) is 6.61 Å². The van der Waals surface area contributed by atoms with Crippen LogP contribution >= 0.6 is 0 Å². The Hall–Kier alpha value is -1.29. The maximum atomic E-state index is 13.2. The van der Waals surface area contributed by atoms with E-state index < -0.39 is 11.6 Å². The summed E-state index contributed by atoms with van der Waals surface area (Å²) in [5, 5.41) is 0. The summed E-state index contributed by atoms with van der Waals surface area (Å²) < 4.78 is 31.1. The summed E-state index contributed by atoms with van der Waals surface area (Å²) in [6, 6.07) is 3.90. The predicted octanol–water partition coefficient (Wildman–Crippen LogP) is 3.24. The van der Waals surface area contributed by atoms with Crippen molar-refractivity contribution < 1.29 is 18.3 Å². The molecule has 0 N–H and O–H groups in total. The molecule has 17 heavy (non-hydrogen) atoms. The molecule has 1 aromatic rings. The smallest absolute Gasteiger partial charge is 0.164 e. The van der Waals surface area contributed by atoms with E-state index in [0.717, 1.165) is 18.9 Å². The highest BCUT2D eigenvalue weighted by molar-refractivity contribution is 5.79. The van der Waals surface area contributed by atoms with Crippen LogP contribution in [0.15, 0.2) is 18.2 Å². The van der Waals surface area contributed by atoms with E-state index in [-0.39, 0.29) is 24.6 Å². The van der Waals surface area contributed by atoms with Crippen LogP contribution in [0.25, 0.3) is 0 Å². The van der Waals surface area contributed by atoms with Crippen LogP contribution in [0.1, 0.15) is 31.7 Å². The first-order valence-corrected chi connectivity index (χ1v) is 5.67.